The second-order valence-electron chi connectivity index (χ2n) is 9.41. The van der Waals surface area contributed by atoms with Crippen molar-refractivity contribution in [2.75, 3.05) is 20.0 Å². The van der Waals surface area contributed by atoms with E-state index in [0.29, 0.717) is 52.9 Å². The highest BCUT2D eigenvalue weighted by molar-refractivity contribution is 7.89. The van der Waals surface area contributed by atoms with Crippen LogP contribution in [0.5, 0.6) is 23.0 Å². The summed E-state index contributed by atoms with van der Waals surface area (Å²) in [6.07, 6.45) is 0. The second-order valence-corrected chi connectivity index (χ2v) is 11.4. The first-order chi connectivity index (χ1) is 18.3. The molecule has 0 saturated carbocycles. The molecular formula is C28H26N2O7S. The van der Waals surface area contributed by atoms with Crippen LogP contribution in [0.2, 0.25) is 0 Å². The normalized spacial score (nSPS) is 14.3. The van der Waals surface area contributed by atoms with E-state index in [0.717, 1.165) is 16.5 Å². The molecule has 196 valence electrons. The van der Waals surface area contributed by atoms with Gasteiger partial charge in [-0.1, -0.05) is 6.07 Å². The molecule has 9 nitrogen and oxygen atoms in total. The van der Waals surface area contributed by atoms with E-state index >= 15 is 0 Å². The minimum absolute atomic E-state index is 0.0117. The summed E-state index contributed by atoms with van der Waals surface area (Å²) in [5, 5.41) is 0.836. The smallest absolute Gasteiger partial charge is 0.252 e. The van der Waals surface area contributed by atoms with Crippen LogP contribution in [0.25, 0.3) is 10.9 Å². The Morgan fingerprint density at radius 1 is 0.789 bits per heavy atom. The van der Waals surface area contributed by atoms with Crippen LogP contribution in [0.3, 0.4) is 0 Å². The van der Waals surface area contributed by atoms with Crippen LogP contribution in [-0.2, 0) is 23.1 Å². The molecule has 2 aliphatic rings. The molecular weight excluding hydrogens is 508 g/mol. The van der Waals surface area contributed by atoms with Crippen molar-refractivity contribution < 1.29 is 27.4 Å². The summed E-state index contributed by atoms with van der Waals surface area (Å²) in [6.45, 7) is 4.71. The Kier molecular flexibility index (Phi) is 6.00. The molecule has 0 fully saturated rings. The van der Waals surface area contributed by atoms with E-state index in [1.54, 1.807) is 30.3 Å². The van der Waals surface area contributed by atoms with E-state index in [-0.39, 0.29) is 30.3 Å². The predicted molar refractivity (Wildman–Crippen MR) is 140 cm³/mol. The summed E-state index contributed by atoms with van der Waals surface area (Å²) in [4.78, 5) is 16.0. The van der Waals surface area contributed by atoms with Gasteiger partial charge in [-0.05, 0) is 78.4 Å². The number of pyridine rings is 1. The monoisotopic (exact) mass is 534 g/mol. The Morgan fingerprint density at radius 3 is 2.32 bits per heavy atom. The predicted octanol–water partition coefficient (Wildman–Crippen LogP) is 4.04. The van der Waals surface area contributed by atoms with Gasteiger partial charge in [0, 0.05) is 30.2 Å². The Balaban J connectivity index is 1.41. The number of ether oxygens (including phenoxy) is 4. The van der Waals surface area contributed by atoms with Gasteiger partial charge in [-0.2, -0.15) is 4.31 Å². The van der Waals surface area contributed by atoms with Crippen molar-refractivity contribution in [3.63, 3.8) is 0 Å². The summed E-state index contributed by atoms with van der Waals surface area (Å²) in [6, 6.07) is 15.5. The average molecular weight is 535 g/mol. The molecule has 38 heavy (non-hydrogen) atoms. The Labute approximate surface area is 219 Å². The summed E-state index contributed by atoms with van der Waals surface area (Å²) in [5.74, 6) is 2.02. The Morgan fingerprint density at radius 2 is 1.47 bits per heavy atom. The number of H-pyrrole nitrogens is 1. The Bertz CT molecular complexity index is 1730. The van der Waals surface area contributed by atoms with Gasteiger partial charge in [0.15, 0.2) is 23.0 Å². The highest BCUT2D eigenvalue weighted by atomic mass is 32.2. The van der Waals surface area contributed by atoms with Crippen molar-refractivity contribution in [1.82, 2.24) is 9.29 Å². The van der Waals surface area contributed by atoms with Crippen LogP contribution in [0.15, 0.2) is 64.3 Å². The van der Waals surface area contributed by atoms with E-state index in [4.69, 9.17) is 18.9 Å². The van der Waals surface area contributed by atoms with Crippen LogP contribution in [0.1, 0.15) is 22.3 Å². The van der Waals surface area contributed by atoms with Crippen LogP contribution in [-0.4, -0.2) is 37.7 Å². The fraction of sp³-hybridized carbons (Fsp3) is 0.250. The van der Waals surface area contributed by atoms with E-state index in [9.17, 15) is 13.2 Å². The minimum Gasteiger partial charge on any atom is -0.486 e. The molecule has 4 aromatic rings. The fourth-order valence-corrected chi connectivity index (χ4v) is 6.05. The maximum Gasteiger partial charge on any atom is 0.252 e. The lowest BCUT2D eigenvalue weighted by Gasteiger charge is -2.24. The molecule has 0 saturated heterocycles. The molecule has 3 heterocycles. The number of aromatic nitrogens is 1. The maximum atomic E-state index is 14.0. The number of fused-ring (bicyclic) bond motifs is 3. The number of nitrogens with one attached hydrogen (secondary N) is 1. The standard InChI is InChI=1S/C28H26N2O7S/c1-17-9-20-12-21(28(31)29-23(20)10-18(17)2)15-30(14-19-3-5-25-26(11-19)37-16-36-25)38(32,33)22-4-6-24-27(13-22)35-8-7-34-24/h3-6,9-13H,7-8,14-16H2,1-2H3,(H,29,31). The number of sulfonamides is 1. The van der Waals surface area contributed by atoms with E-state index in [1.165, 1.54) is 16.4 Å². The topological polar surface area (TPSA) is 107 Å². The third-order valence-corrected chi connectivity index (χ3v) is 8.62. The lowest BCUT2D eigenvalue weighted by molar-refractivity contribution is 0.171. The van der Waals surface area contributed by atoms with Crippen molar-refractivity contribution in [1.29, 1.82) is 0 Å². The molecule has 2 aliphatic heterocycles. The van der Waals surface area contributed by atoms with Crippen LogP contribution in [0.4, 0.5) is 0 Å². The molecule has 1 N–H and O–H groups in total. The lowest BCUT2D eigenvalue weighted by Crippen LogP contribution is -2.32. The SMILES string of the molecule is Cc1cc2cc(CN(Cc3ccc4c(c3)OCO4)S(=O)(=O)c3ccc4c(c3)OCCO4)c(=O)[nH]c2cc1C. The van der Waals surface area contributed by atoms with Crippen molar-refractivity contribution in [2.24, 2.45) is 0 Å². The van der Waals surface area contributed by atoms with Gasteiger partial charge in [0.1, 0.15) is 13.2 Å². The molecule has 0 atom stereocenters. The molecule has 1 aromatic heterocycles. The molecule has 10 heteroatoms. The molecule has 0 unspecified atom stereocenters. The first kappa shape index (κ1) is 24.3. The number of benzene rings is 3. The van der Waals surface area contributed by atoms with Crippen molar-refractivity contribution in [3.8, 4) is 23.0 Å². The number of hydrogen-bond acceptors (Lipinski definition) is 7. The van der Waals surface area contributed by atoms with Crippen LogP contribution in [0, 0.1) is 13.8 Å². The van der Waals surface area contributed by atoms with Crippen LogP contribution >= 0.6 is 0 Å². The van der Waals surface area contributed by atoms with Gasteiger partial charge in [-0.15, -0.1) is 0 Å². The first-order valence-electron chi connectivity index (χ1n) is 12.2. The Hall–Kier alpha value is -4.02. The minimum atomic E-state index is -4.06. The zero-order chi connectivity index (χ0) is 26.4. The first-order valence-corrected chi connectivity index (χ1v) is 13.6. The summed E-state index contributed by atoms with van der Waals surface area (Å²) < 4.78 is 51.3. The number of nitrogens with zero attached hydrogens (tertiary/aromatic N) is 1. The second kappa shape index (κ2) is 9.38. The van der Waals surface area contributed by atoms with Gasteiger partial charge in [0.2, 0.25) is 16.8 Å². The fourth-order valence-electron chi connectivity index (χ4n) is 4.63. The molecule has 0 radical (unpaired) electrons. The molecule has 3 aromatic carbocycles. The van der Waals surface area contributed by atoms with Crippen LogP contribution < -0.4 is 24.5 Å². The summed E-state index contributed by atoms with van der Waals surface area (Å²) in [7, 11) is -4.06. The molecule has 0 aliphatic carbocycles. The van der Waals surface area contributed by atoms with Crippen molar-refractivity contribution in [3.05, 3.63) is 87.2 Å². The highest BCUT2D eigenvalue weighted by Gasteiger charge is 2.28. The van der Waals surface area contributed by atoms with Gasteiger partial charge in [0.05, 0.1) is 4.90 Å². The molecule has 6 rings (SSSR count). The zero-order valence-electron chi connectivity index (χ0n) is 20.9. The van der Waals surface area contributed by atoms with Gasteiger partial charge < -0.3 is 23.9 Å². The zero-order valence-corrected chi connectivity index (χ0v) is 21.8. The van der Waals surface area contributed by atoms with Gasteiger partial charge in [-0.3, -0.25) is 4.79 Å². The van der Waals surface area contributed by atoms with E-state index in [1.807, 2.05) is 26.0 Å². The van der Waals surface area contributed by atoms with E-state index < -0.39 is 10.0 Å². The highest BCUT2D eigenvalue weighted by Crippen LogP contribution is 2.36. The summed E-state index contributed by atoms with van der Waals surface area (Å²) in [5.41, 5.74) is 3.54. The average Bonchev–Trinajstić information content (AvgIpc) is 3.37. The van der Waals surface area contributed by atoms with Gasteiger partial charge in [-0.25, -0.2) is 8.42 Å². The number of rotatable bonds is 6. The third kappa shape index (κ3) is 4.46. The third-order valence-electron chi connectivity index (χ3n) is 6.83. The lowest BCUT2D eigenvalue weighted by atomic mass is 10.0. The largest absolute Gasteiger partial charge is 0.486 e. The molecule has 0 bridgehead atoms. The quantitative estimate of drug-likeness (QED) is 0.398. The molecule has 0 spiro atoms. The number of aromatic amines is 1. The van der Waals surface area contributed by atoms with Gasteiger partial charge >= 0.3 is 0 Å². The number of aryl methyl sites for hydroxylation is 2. The van der Waals surface area contributed by atoms with Crippen molar-refractivity contribution in [2.45, 2.75) is 31.8 Å². The van der Waals surface area contributed by atoms with E-state index in [2.05, 4.69) is 4.98 Å². The van der Waals surface area contributed by atoms with Gasteiger partial charge in [0.25, 0.3) is 5.56 Å². The maximum absolute atomic E-state index is 14.0. The molecule has 0 amide bonds. The summed E-state index contributed by atoms with van der Waals surface area (Å²) >= 11 is 0. The van der Waals surface area contributed by atoms with Crippen molar-refractivity contribution >= 4 is 20.9 Å². The number of hydrogen-bond donors (Lipinski definition) is 1.